The summed E-state index contributed by atoms with van der Waals surface area (Å²) in [5.41, 5.74) is 9.97. The minimum atomic E-state index is -0.222. The molecule has 2 aromatic heterocycles. The molecule has 0 aliphatic heterocycles. The number of pyridine rings is 2. The fraction of sp³-hybridized carbons (Fsp3) is 0.190. The minimum absolute atomic E-state index is 0.0469. The number of hydrogen-bond donors (Lipinski definition) is 5. The summed E-state index contributed by atoms with van der Waals surface area (Å²) in [7, 11) is 0. The lowest BCUT2D eigenvalue weighted by Crippen LogP contribution is -2.10. The average Bonchev–Trinajstić information content (AvgIpc) is 2.71. The molecule has 28 heavy (non-hydrogen) atoms. The Hall–Kier alpha value is -3.45. The Kier molecular flexibility index (Phi) is 5.86. The van der Waals surface area contributed by atoms with Crippen molar-refractivity contribution in [3.05, 3.63) is 71.2 Å². The topological polar surface area (TPSA) is 128 Å². The van der Waals surface area contributed by atoms with Crippen molar-refractivity contribution in [2.45, 2.75) is 20.0 Å². The molecule has 0 saturated heterocycles. The van der Waals surface area contributed by atoms with E-state index in [1.807, 2.05) is 36.4 Å². The lowest BCUT2D eigenvalue weighted by atomic mass is 10.1. The summed E-state index contributed by atoms with van der Waals surface area (Å²) in [6, 6.07) is 11.3. The van der Waals surface area contributed by atoms with Crippen LogP contribution in [0.25, 0.3) is 11.1 Å². The maximum absolute atomic E-state index is 10.0. The third-order valence-electron chi connectivity index (χ3n) is 4.58. The van der Waals surface area contributed by atoms with Crippen LogP contribution < -0.4 is 11.1 Å². The first-order chi connectivity index (χ1) is 13.5. The molecule has 3 rings (SSSR count). The van der Waals surface area contributed by atoms with Crippen LogP contribution in [0.5, 0.6) is 5.75 Å². The fourth-order valence-corrected chi connectivity index (χ4v) is 2.91. The zero-order chi connectivity index (χ0) is 20.1. The number of aryl methyl sites for hydroxylation is 1. The predicted molar refractivity (Wildman–Crippen MR) is 109 cm³/mol. The highest BCUT2D eigenvalue weighted by Gasteiger charge is 2.10. The summed E-state index contributed by atoms with van der Waals surface area (Å²) < 4.78 is 0. The summed E-state index contributed by atoms with van der Waals surface area (Å²) in [4.78, 5) is 8.58. The Labute approximate surface area is 163 Å². The largest absolute Gasteiger partial charge is 0.506 e. The van der Waals surface area contributed by atoms with E-state index in [1.165, 1.54) is 0 Å². The zero-order valence-corrected chi connectivity index (χ0v) is 15.6. The van der Waals surface area contributed by atoms with Crippen LogP contribution in [-0.2, 0) is 13.0 Å². The van der Waals surface area contributed by atoms with Crippen LogP contribution in [0.15, 0.2) is 48.8 Å². The van der Waals surface area contributed by atoms with Crippen molar-refractivity contribution in [3.63, 3.8) is 0 Å². The normalized spacial score (nSPS) is 10.6. The van der Waals surface area contributed by atoms with E-state index in [9.17, 15) is 10.2 Å². The molecule has 3 aromatic rings. The lowest BCUT2D eigenvalue weighted by molar-refractivity contribution is 0.273. The number of aromatic hydroxyl groups is 1. The van der Waals surface area contributed by atoms with Crippen molar-refractivity contribution < 1.29 is 10.2 Å². The van der Waals surface area contributed by atoms with Gasteiger partial charge in [0, 0.05) is 35.6 Å². The molecule has 0 amide bonds. The van der Waals surface area contributed by atoms with Crippen LogP contribution in [0.2, 0.25) is 0 Å². The van der Waals surface area contributed by atoms with Gasteiger partial charge >= 0.3 is 0 Å². The Morgan fingerprint density at radius 2 is 1.79 bits per heavy atom. The van der Waals surface area contributed by atoms with E-state index >= 15 is 0 Å². The molecule has 0 aliphatic carbocycles. The molecule has 0 atom stereocenters. The van der Waals surface area contributed by atoms with Crippen LogP contribution in [0.4, 0.5) is 5.82 Å². The second-order valence-corrected chi connectivity index (χ2v) is 6.45. The molecule has 0 aliphatic rings. The predicted octanol–water partition coefficient (Wildman–Crippen LogP) is 2.59. The summed E-state index contributed by atoms with van der Waals surface area (Å²) in [5.74, 6) is 0.836. The molecule has 6 N–H and O–H groups in total. The number of amidine groups is 1. The van der Waals surface area contributed by atoms with E-state index in [2.05, 4.69) is 15.3 Å². The molecule has 0 radical (unpaired) electrons. The lowest BCUT2D eigenvalue weighted by Gasteiger charge is -2.12. The van der Waals surface area contributed by atoms with Crippen molar-refractivity contribution >= 4 is 11.7 Å². The van der Waals surface area contributed by atoms with E-state index in [4.69, 9.17) is 11.1 Å². The van der Waals surface area contributed by atoms with Crippen molar-refractivity contribution in [2.75, 3.05) is 11.9 Å². The number of aliphatic hydroxyl groups is 1. The Morgan fingerprint density at radius 3 is 2.39 bits per heavy atom. The Balaban J connectivity index is 1.62. The summed E-state index contributed by atoms with van der Waals surface area (Å²) >= 11 is 0. The number of rotatable bonds is 7. The molecule has 1 aromatic carbocycles. The van der Waals surface area contributed by atoms with Gasteiger partial charge in [-0.1, -0.05) is 24.3 Å². The molecular weight excluding hydrogens is 354 g/mol. The number of nitrogens with one attached hydrogen (secondary N) is 2. The van der Waals surface area contributed by atoms with Gasteiger partial charge in [-0.3, -0.25) is 10.4 Å². The highest BCUT2D eigenvalue weighted by atomic mass is 16.3. The second-order valence-electron chi connectivity index (χ2n) is 6.45. The van der Waals surface area contributed by atoms with E-state index in [0.717, 1.165) is 22.5 Å². The van der Waals surface area contributed by atoms with Gasteiger partial charge in [-0.2, -0.15) is 0 Å². The van der Waals surface area contributed by atoms with Gasteiger partial charge in [0.25, 0.3) is 0 Å². The molecule has 0 saturated carbocycles. The van der Waals surface area contributed by atoms with Crippen LogP contribution in [0, 0.1) is 12.3 Å². The highest BCUT2D eigenvalue weighted by molar-refractivity contribution is 5.95. The molecular formula is C21H23N5O2. The number of anilines is 1. The number of hydrogen-bond acceptors (Lipinski definition) is 6. The van der Waals surface area contributed by atoms with Gasteiger partial charge in [0.2, 0.25) is 0 Å². The van der Waals surface area contributed by atoms with Crippen LogP contribution in [-0.4, -0.2) is 32.6 Å². The van der Waals surface area contributed by atoms with Crippen LogP contribution in [0.1, 0.15) is 22.4 Å². The summed E-state index contributed by atoms with van der Waals surface area (Å²) in [6.07, 6.45) is 4.07. The van der Waals surface area contributed by atoms with Crippen molar-refractivity contribution in [1.82, 2.24) is 9.97 Å². The third-order valence-corrected chi connectivity index (χ3v) is 4.58. The zero-order valence-electron chi connectivity index (χ0n) is 15.6. The number of aliphatic hydroxyl groups excluding tert-OH is 1. The van der Waals surface area contributed by atoms with E-state index in [1.54, 1.807) is 19.3 Å². The first-order valence-corrected chi connectivity index (χ1v) is 8.91. The third kappa shape index (κ3) is 4.27. The van der Waals surface area contributed by atoms with E-state index in [0.29, 0.717) is 29.8 Å². The first-order valence-electron chi connectivity index (χ1n) is 8.91. The summed E-state index contributed by atoms with van der Waals surface area (Å²) in [6.45, 7) is 2.08. The molecule has 0 unspecified atom stereocenters. The van der Waals surface area contributed by atoms with E-state index < -0.39 is 0 Å². The van der Waals surface area contributed by atoms with Gasteiger partial charge in [0.1, 0.15) is 17.4 Å². The summed E-state index contributed by atoms with van der Waals surface area (Å²) in [5, 5.41) is 30.2. The molecule has 144 valence electrons. The van der Waals surface area contributed by atoms with Gasteiger partial charge in [-0.25, -0.2) is 4.98 Å². The quantitative estimate of drug-likeness (QED) is 0.318. The maximum atomic E-state index is 10.0. The smallest absolute Gasteiger partial charge is 0.142 e. The van der Waals surface area contributed by atoms with Crippen molar-refractivity contribution in [1.29, 1.82) is 5.41 Å². The molecule has 7 heteroatoms. The molecule has 0 fully saturated rings. The van der Waals surface area contributed by atoms with Gasteiger partial charge < -0.3 is 21.3 Å². The molecule has 7 nitrogen and oxygen atoms in total. The SMILES string of the molecule is Cc1ncc(CCNc2ccc(-c3ccc(C(=N)N)cc3)cn2)c(CO)c1O. The van der Waals surface area contributed by atoms with Gasteiger partial charge in [0.15, 0.2) is 0 Å². The fourth-order valence-electron chi connectivity index (χ4n) is 2.91. The minimum Gasteiger partial charge on any atom is -0.506 e. The van der Waals surface area contributed by atoms with Gasteiger partial charge in [-0.05, 0) is 36.6 Å². The number of aromatic nitrogens is 2. The first kappa shape index (κ1) is 19.3. The number of nitrogen functional groups attached to an aromatic ring is 1. The number of benzene rings is 1. The van der Waals surface area contributed by atoms with E-state index in [-0.39, 0.29) is 18.2 Å². The van der Waals surface area contributed by atoms with Crippen LogP contribution >= 0.6 is 0 Å². The van der Waals surface area contributed by atoms with Crippen LogP contribution in [0.3, 0.4) is 0 Å². The highest BCUT2D eigenvalue weighted by Crippen LogP contribution is 2.24. The Bertz CT molecular complexity index is 969. The molecule has 2 heterocycles. The molecule has 0 spiro atoms. The van der Waals surface area contributed by atoms with Crippen molar-refractivity contribution in [2.24, 2.45) is 5.73 Å². The number of nitrogens with two attached hydrogens (primary N) is 1. The second kappa shape index (κ2) is 8.49. The van der Waals surface area contributed by atoms with Gasteiger partial charge in [-0.15, -0.1) is 0 Å². The average molecular weight is 377 g/mol. The maximum Gasteiger partial charge on any atom is 0.142 e. The van der Waals surface area contributed by atoms with Crippen molar-refractivity contribution in [3.8, 4) is 16.9 Å². The Morgan fingerprint density at radius 1 is 1.07 bits per heavy atom. The molecule has 0 bridgehead atoms. The monoisotopic (exact) mass is 377 g/mol. The number of nitrogens with zero attached hydrogens (tertiary/aromatic N) is 2. The standard InChI is InChI=1S/C21H23N5O2/c1-13-20(28)18(12-27)17(11-25-13)8-9-24-19-7-6-16(10-26-19)14-2-4-15(5-3-14)21(22)23/h2-7,10-11,27-28H,8-9,12H2,1H3,(H3,22,23)(H,24,26). The van der Waals surface area contributed by atoms with Gasteiger partial charge in [0.05, 0.1) is 12.3 Å².